The van der Waals surface area contributed by atoms with Crippen LogP contribution < -0.4 is 5.56 Å². The Bertz CT molecular complexity index is 1340. The number of hydrogen-bond acceptors (Lipinski definition) is 4. The molecule has 0 aliphatic carbocycles. The largest absolute Gasteiger partial charge is 0.318 e. The van der Waals surface area contributed by atoms with Crippen LogP contribution in [-0.4, -0.2) is 29.4 Å². The summed E-state index contributed by atoms with van der Waals surface area (Å²) in [4.78, 5) is 17.7. The highest BCUT2D eigenvalue weighted by Crippen LogP contribution is 2.23. The number of aromatic nitrogens is 6. The highest BCUT2D eigenvalue weighted by Gasteiger charge is 2.19. The van der Waals surface area contributed by atoms with Gasteiger partial charge < -0.3 is 4.57 Å². The molecule has 0 fully saturated rings. The van der Waals surface area contributed by atoms with E-state index in [1.807, 2.05) is 59.2 Å². The maximum atomic E-state index is 13.0. The highest BCUT2D eigenvalue weighted by molar-refractivity contribution is 9.10. The fourth-order valence-electron chi connectivity index (χ4n) is 3.17. The van der Waals surface area contributed by atoms with Crippen molar-refractivity contribution in [1.29, 1.82) is 0 Å². The molecule has 0 saturated heterocycles. The Kier molecular flexibility index (Phi) is 3.64. The van der Waals surface area contributed by atoms with Crippen LogP contribution in [0.2, 0.25) is 0 Å². The molecule has 3 heterocycles. The van der Waals surface area contributed by atoms with Crippen molar-refractivity contribution in [2.75, 3.05) is 0 Å². The number of hydrogen-bond donors (Lipinski definition) is 1. The molecule has 8 heteroatoms. The van der Waals surface area contributed by atoms with Gasteiger partial charge in [-0.05, 0) is 33.6 Å². The number of para-hydroxylation sites is 2. The van der Waals surface area contributed by atoms with Gasteiger partial charge in [0.1, 0.15) is 0 Å². The normalized spacial score (nSPS) is 11.4. The molecule has 3 aromatic heterocycles. The molecule has 1 N–H and O–H groups in total. The van der Waals surface area contributed by atoms with Gasteiger partial charge in [-0.15, -0.1) is 10.2 Å². The van der Waals surface area contributed by atoms with Crippen LogP contribution in [0, 0.1) is 0 Å². The van der Waals surface area contributed by atoms with Gasteiger partial charge in [0.05, 0.1) is 15.5 Å². The Labute approximate surface area is 161 Å². The summed E-state index contributed by atoms with van der Waals surface area (Å²) in [5.74, 6) is 0.498. The third kappa shape index (κ3) is 2.57. The predicted octanol–water partition coefficient (Wildman–Crippen LogP) is 3.25. The zero-order chi connectivity index (χ0) is 18.4. The number of rotatable bonds is 3. The minimum atomic E-state index is -0.296. The molecule has 2 aromatic carbocycles. The van der Waals surface area contributed by atoms with E-state index in [9.17, 15) is 4.79 Å². The van der Waals surface area contributed by atoms with Crippen LogP contribution in [0.3, 0.4) is 0 Å². The molecule has 0 aliphatic rings. The summed E-state index contributed by atoms with van der Waals surface area (Å²) in [6.07, 6.45) is 1.65. The average Bonchev–Trinajstić information content (AvgIpc) is 3.25. The molecule has 27 heavy (non-hydrogen) atoms. The Morgan fingerprint density at radius 3 is 2.63 bits per heavy atom. The molecule has 0 radical (unpaired) electrons. The monoisotopic (exact) mass is 420 g/mol. The molecular formula is C19H13BrN6O. The van der Waals surface area contributed by atoms with Gasteiger partial charge in [-0.2, -0.15) is 4.52 Å². The van der Waals surface area contributed by atoms with E-state index in [1.165, 1.54) is 4.52 Å². The van der Waals surface area contributed by atoms with Gasteiger partial charge in [-0.1, -0.05) is 42.5 Å². The Hall–Kier alpha value is -3.26. The lowest BCUT2D eigenvalue weighted by molar-refractivity contribution is 0.804. The summed E-state index contributed by atoms with van der Waals surface area (Å²) in [6, 6.07) is 17.8. The van der Waals surface area contributed by atoms with Crippen molar-refractivity contribution in [1.82, 2.24) is 29.4 Å². The van der Waals surface area contributed by atoms with E-state index in [4.69, 9.17) is 0 Å². The first kappa shape index (κ1) is 16.0. The Balaban J connectivity index is 1.77. The lowest BCUT2D eigenvalue weighted by Crippen LogP contribution is -2.21. The fraction of sp³-hybridized carbons (Fsp3) is 0.0526. The average molecular weight is 421 g/mol. The quantitative estimate of drug-likeness (QED) is 0.485. The number of halogens is 1. The number of fused-ring (bicyclic) bond motifs is 2. The number of nitrogens with zero attached hydrogens (tertiary/aromatic N) is 5. The van der Waals surface area contributed by atoms with E-state index < -0.39 is 0 Å². The summed E-state index contributed by atoms with van der Waals surface area (Å²) in [5, 5.41) is 11.3. The van der Waals surface area contributed by atoms with Crippen molar-refractivity contribution in [2.45, 2.75) is 6.54 Å². The molecular weight excluding hydrogens is 408 g/mol. The van der Waals surface area contributed by atoms with Crippen molar-refractivity contribution in [3.05, 3.63) is 81.2 Å². The summed E-state index contributed by atoms with van der Waals surface area (Å²) < 4.78 is 4.04. The van der Waals surface area contributed by atoms with Crippen LogP contribution in [-0.2, 0) is 6.54 Å². The van der Waals surface area contributed by atoms with Crippen molar-refractivity contribution < 1.29 is 0 Å². The molecule has 0 amide bonds. The summed E-state index contributed by atoms with van der Waals surface area (Å²) in [5.41, 5.74) is 3.20. The first-order chi connectivity index (χ1) is 13.2. The molecule has 5 rings (SSSR count). The smallest absolute Gasteiger partial charge is 0.302 e. The first-order valence-corrected chi connectivity index (χ1v) is 9.13. The first-order valence-electron chi connectivity index (χ1n) is 8.34. The van der Waals surface area contributed by atoms with Gasteiger partial charge >= 0.3 is 5.56 Å². The molecule has 0 aliphatic heterocycles. The lowest BCUT2D eigenvalue weighted by atomic mass is 10.2. The summed E-state index contributed by atoms with van der Waals surface area (Å²) >= 11 is 3.35. The zero-order valence-electron chi connectivity index (χ0n) is 14.0. The number of aromatic amines is 1. The van der Waals surface area contributed by atoms with E-state index in [-0.39, 0.29) is 11.3 Å². The van der Waals surface area contributed by atoms with Crippen LogP contribution in [0.1, 0.15) is 5.56 Å². The van der Waals surface area contributed by atoms with Crippen molar-refractivity contribution >= 4 is 32.6 Å². The highest BCUT2D eigenvalue weighted by atomic mass is 79.9. The van der Waals surface area contributed by atoms with Gasteiger partial charge in [0, 0.05) is 12.7 Å². The lowest BCUT2D eigenvalue weighted by Gasteiger charge is -2.08. The second-order valence-corrected chi connectivity index (χ2v) is 6.98. The van der Waals surface area contributed by atoms with Gasteiger partial charge in [-0.3, -0.25) is 9.89 Å². The van der Waals surface area contributed by atoms with Crippen LogP contribution >= 0.6 is 15.9 Å². The minimum absolute atomic E-state index is 0.203. The zero-order valence-corrected chi connectivity index (χ0v) is 15.6. The molecule has 5 aromatic rings. The second kappa shape index (κ2) is 6.17. The van der Waals surface area contributed by atoms with Gasteiger partial charge in [0.15, 0.2) is 17.2 Å². The predicted molar refractivity (Wildman–Crippen MR) is 106 cm³/mol. The maximum absolute atomic E-state index is 13.0. The van der Waals surface area contributed by atoms with E-state index in [1.54, 1.807) is 6.20 Å². The third-order valence-corrected chi connectivity index (χ3v) is 5.03. The SMILES string of the molecule is O=c1c(-c2nc3ccccc3n2Cc2ccccc2)nnc2c(Br)c[nH]n12. The molecule has 0 atom stereocenters. The molecule has 0 bridgehead atoms. The minimum Gasteiger partial charge on any atom is -0.318 e. The van der Waals surface area contributed by atoms with Gasteiger partial charge in [0.25, 0.3) is 0 Å². The maximum Gasteiger partial charge on any atom is 0.302 e. The van der Waals surface area contributed by atoms with Gasteiger partial charge in [-0.25, -0.2) is 4.98 Å². The Morgan fingerprint density at radius 2 is 1.78 bits per heavy atom. The van der Waals surface area contributed by atoms with Crippen molar-refractivity contribution in [2.24, 2.45) is 0 Å². The molecule has 0 unspecified atom stereocenters. The van der Waals surface area contributed by atoms with Crippen LogP contribution in [0.15, 0.2) is 70.1 Å². The van der Waals surface area contributed by atoms with Crippen LogP contribution in [0.5, 0.6) is 0 Å². The molecule has 0 saturated carbocycles. The molecule has 0 spiro atoms. The van der Waals surface area contributed by atoms with Crippen molar-refractivity contribution in [3.63, 3.8) is 0 Å². The standard InChI is InChI=1S/C19H13BrN6O/c20-13-10-21-26-17(13)24-23-16(19(26)27)18-22-14-8-4-5-9-15(14)25(18)11-12-6-2-1-3-7-12/h1-10,21H,11H2. The van der Waals surface area contributed by atoms with E-state index in [2.05, 4.69) is 36.2 Å². The van der Waals surface area contributed by atoms with Crippen molar-refractivity contribution in [3.8, 4) is 11.5 Å². The van der Waals surface area contributed by atoms with Crippen LogP contribution in [0.25, 0.3) is 28.2 Å². The van der Waals surface area contributed by atoms with E-state index in [0.717, 1.165) is 16.6 Å². The summed E-state index contributed by atoms with van der Waals surface area (Å²) in [7, 11) is 0. The third-order valence-electron chi connectivity index (χ3n) is 4.45. The number of H-pyrrole nitrogens is 1. The van der Waals surface area contributed by atoms with E-state index in [0.29, 0.717) is 22.5 Å². The summed E-state index contributed by atoms with van der Waals surface area (Å²) in [6.45, 7) is 0.578. The van der Waals surface area contributed by atoms with Gasteiger partial charge in [0.2, 0.25) is 0 Å². The number of nitrogens with one attached hydrogen (secondary N) is 1. The Morgan fingerprint density at radius 1 is 1.00 bits per heavy atom. The van der Waals surface area contributed by atoms with Crippen LogP contribution in [0.4, 0.5) is 0 Å². The number of benzene rings is 2. The number of imidazole rings is 1. The topological polar surface area (TPSA) is 80.9 Å². The van der Waals surface area contributed by atoms with E-state index >= 15 is 0 Å². The fourth-order valence-corrected chi connectivity index (χ4v) is 3.53. The molecule has 7 nitrogen and oxygen atoms in total. The molecule has 132 valence electrons. The second-order valence-electron chi connectivity index (χ2n) is 6.13.